The number of unbranched alkanes of at least 4 members (excludes halogenated alkanes) is 1. The van der Waals surface area contributed by atoms with Crippen LogP contribution in [0.1, 0.15) is 25.7 Å². The lowest BCUT2D eigenvalue weighted by atomic mass is 10.1. The highest BCUT2D eigenvalue weighted by Gasteiger charge is 2.11. The molecule has 0 radical (unpaired) electrons. The molecule has 3 N–H and O–H groups in total. The van der Waals surface area contributed by atoms with Crippen LogP contribution in [0.3, 0.4) is 0 Å². The van der Waals surface area contributed by atoms with E-state index >= 15 is 0 Å². The predicted octanol–water partition coefficient (Wildman–Crippen LogP) is 0.267. The zero-order valence-electron chi connectivity index (χ0n) is 8.51. The van der Waals surface area contributed by atoms with Crippen LogP contribution in [0.4, 0.5) is 0 Å². The van der Waals surface area contributed by atoms with E-state index in [0.29, 0.717) is 13.0 Å². The molecule has 0 saturated carbocycles. The van der Waals surface area contributed by atoms with Crippen LogP contribution in [-0.2, 0) is 9.53 Å². The van der Waals surface area contributed by atoms with Gasteiger partial charge in [-0.05, 0) is 26.4 Å². The molecule has 4 heteroatoms. The first kappa shape index (κ1) is 12.4. The van der Waals surface area contributed by atoms with E-state index in [-0.39, 0.29) is 12.0 Å². The number of hydrogen-bond acceptors (Lipinski definition) is 4. The van der Waals surface area contributed by atoms with Crippen LogP contribution in [0.25, 0.3) is 0 Å². The summed E-state index contributed by atoms with van der Waals surface area (Å²) in [7, 11) is 3.27. The van der Waals surface area contributed by atoms with Crippen molar-refractivity contribution in [2.24, 2.45) is 5.73 Å². The molecular weight excluding hydrogens is 168 g/mol. The van der Waals surface area contributed by atoms with Gasteiger partial charge in [0.2, 0.25) is 0 Å². The number of nitrogens with two attached hydrogens (primary N) is 1. The van der Waals surface area contributed by atoms with E-state index < -0.39 is 0 Å². The van der Waals surface area contributed by atoms with Gasteiger partial charge < -0.3 is 15.8 Å². The summed E-state index contributed by atoms with van der Waals surface area (Å²) in [6.07, 6.45) is 3.48. The molecule has 0 unspecified atom stereocenters. The van der Waals surface area contributed by atoms with Gasteiger partial charge in [0.05, 0.1) is 13.5 Å². The second kappa shape index (κ2) is 8.01. The summed E-state index contributed by atoms with van der Waals surface area (Å²) < 4.78 is 4.59. The van der Waals surface area contributed by atoms with E-state index in [0.717, 1.165) is 19.3 Å². The third-order valence-electron chi connectivity index (χ3n) is 2.06. The molecule has 0 aliphatic rings. The Morgan fingerprint density at radius 1 is 1.54 bits per heavy atom. The molecule has 0 heterocycles. The molecule has 0 aromatic rings. The molecule has 0 aliphatic heterocycles. The molecule has 4 nitrogen and oxygen atoms in total. The predicted molar refractivity (Wildman–Crippen MR) is 52.4 cm³/mol. The van der Waals surface area contributed by atoms with Crippen LogP contribution in [0.2, 0.25) is 0 Å². The van der Waals surface area contributed by atoms with Crippen LogP contribution in [0.15, 0.2) is 0 Å². The third kappa shape index (κ3) is 6.54. The summed E-state index contributed by atoms with van der Waals surface area (Å²) in [5, 5.41) is 3.08. The molecular formula is C9H20N2O2. The standard InChI is InChI=1S/C9H20N2O2/c1-11-8(5-3-4-6-10)7-9(12)13-2/h8,11H,3-7,10H2,1-2H3/t8-/m0/s1. The monoisotopic (exact) mass is 188 g/mol. The Bertz CT molecular complexity index is 140. The number of ether oxygens (including phenoxy) is 1. The van der Waals surface area contributed by atoms with E-state index in [2.05, 4.69) is 10.1 Å². The maximum atomic E-state index is 10.9. The van der Waals surface area contributed by atoms with Gasteiger partial charge in [0.15, 0.2) is 0 Å². The molecule has 0 bridgehead atoms. The highest BCUT2D eigenvalue weighted by molar-refractivity contribution is 5.69. The molecule has 0 aliphatic carbocycles. The summed E-state index contributed by atoms with van der Waals surface area (Å²) in [6.45, 7) is 0.717. The minimum atomic E-state index is -0.160. The van der Waals surface area contributed by atoms with Crippen LogP contribution >= 0.6 is 0 Å². The number of hydrogen-bond donors (Lipinski definition) is 2. The lowest BCUT2D eigenvalue weighted by molar-refractivity contribution is -0.141. The molecule has 0 aromatic heterocycles. The van der Waals surface area contributed by atoms with Crippen molar-refractivity contribution in [1.29, 1.82) is 0 Å². The molecule has 0 amide bonds. The van der Waals surface area contributed by atoms with E-state index in [1.807, 2.05) is 7.05 Å². The van der Waals surface area contributed by atoms with Crippen molar-refractivity contribution in [1.82, 2.24) is 5.32 Å². The van der Waals surface area contributed by atoms with Gasteiger partial charge in [0.25, 0.3) is 0 Å². The Labute approximate surface area is 79.8 Å². The Morgan fingerprint density at radius 2 is 2.23 bits per heavy atom. The van der Waals surface area contributed by atoms with Gasteiger partial charge in [-0.25, -0.2) is 0 Å². The van der Waals surface area contributed by atoms with Crippen LogP contribution in [-0.4, -0.2) is 32.7 Å². The molecule has 0 saturated heterocycles. The van der Waals surface area contributed by atoms with Crippen molar-refractivity contribution >= 4 is 5.97 Å². The Kier molecular flexibility index (Phi) is 7.63. The second-order valence-electron chi connectivity index (χ2n) is 3.05. The molecule has 0 rings (SSSR count). The molecule has 0 spiro atoms. The molecule has 1 atom stereocenters. The Balaban J connectivity index is 3.56. The highest BCUT2D eigenvalue weighted by Crippen LogP contribution is 2.04. The fraction of sp³-hybridized carbons (Fsp3) is 0.889. The van der Waals surface area contributed by atoms with Gasteiger partial charge in [-0.1, -0.05) is 6.42 Å². The maximum absolute atomic E-state index is 10.9. The number of methoxy groups -OCH3 is 1. The number of nitrogens with one attached hydrogen (secondary N) is 1. The molecule has 0 fully saturated rings. The lowest BCUT2D eigenvalue weighted by Gasteiger charge is -2.13. The van der Waals surface area contributed by atoms with E-state index in [4.69, 9.17) is 5.73 Å². The first-order chi connectivity index (χ1) is 6.24. The summed E-state index contributed by atoms with van der Waals surface area (Å²) in [6, 6.07) is 0.221. The lowest BCUT2D eigenvalue weighted by Crippen LogP contribution is -2.28. The fourth-order valence-corrected chi connectivity index (χ4v) is 1.17. The van der Waals surface area contributed by atoms with Crippen molar-refractivity contribution in [3.8, 4) is 0 Å². The van der Waals surface area contributed by atoms with Crippen molar-refractivity contribution in [3.63, 3.8) is 0 Å². The third-order valence-corrected chi connectivity index (χ3v) is 2.06. The summed E-state index contributed by atoms with van der Waals surface area (Å²) in [5.41, 5.74) is 5.37. The fourth-order valence-electron chi connectivity index (χ4n) is 1.17. The van der Waals surface area contributed by atoms with Gasteiger partial charge in [-0.3, -0.25) is 4.79 Å². The highest BCUT2D eigenvalue weighted by atomic mass is 16.5. The number of esters is 1. The van der Waals surface area contributed by atoms with Crippen molar-refractivity contribution < 1.29 is 9.53 Å². The van der Waals surface area contributed by atoms with Crippen molar-refractivity contribution in [2.75, 3.05) is 20.7 Å². The quantitative estimate of drug-likeness (QED) is 0.444. The summed E-state index contributed by atoms with van der Waals surface area (Å²) in [4.78, 5) is 10.9. The van der Waals surface area contributed by atoms with Crippen molar-refractivity contribution in [2.45, 2.75) is 31.7 Å². The normalized spacial score (nSPS) is 12.5. The summed E-state index contributed by atoms with van der Waals surface area (Å²) in [5.74, 6) is -0.160. The first-order valence-electron chi connectivity index (χ1n) is 4.68. The van der Waals surface area contributed by atoms with Crippen LogP contribution < -0.4 is 11.1 Å². The maximum Gasteiger partial charge on any atom is 0.307 e. The topological polar surface area (TPSA) is 64.3 Å². The van der Waals surface area contributed by atoms with Crippen LogP contribution in [0.5, 0.6) is 0 Å². The van der Waals surface area contributed by atoms with Gasteiger partial charge in [0, 0.05) is 6.04 Å². The average Bonchev–Trinajstić information content (AvgIpc) is 2.16. The van der Waals surface area contributed by atoms with Crippen molar-refractivity contribution in [3.05, 3.63) is 0 Å². The minimum absolute atomic E-state index is 0.160. The van der Waals surface area contributed by atoms with Gasteiger partial charge in [-0.15, -0.1) is 0 Å². The van der Waals surface area contributed by atoms with E-state index in [1.165, 1.54) is 7.11 Å². The van der Waals surface area contributed by atoms with Gasteiger partial charge >= 0.3 is 5.97 Å². The average molecular weight is 188 g/mol. The largest absolute Gasteiger partial charge is 0.469 e. The first-order valence-corrected chi connectivity index (χ1v) is 4.68. The molecule has 78 valence electrons. The minimum Gasteiger partial charge on any atom is -0.469 e. The van der Waals surface area contributed by atoms with Gasteiger partial charge in [-0.2, -0.15) is 0 Å². The molecule has 0 aromatic carbocycles. The van der Waals surface area contributed by atoms with E-state index in [9.17, 15) is 4.79 Å². The number of rotatable bonds is 7. The Morgan fingerprint density at radius 3 is 2.69 bits per heavy atom. The van der Waals surface area contributed by atoms with Crippen LogP contribution in [0, 0.1) is 0 Å². The van der Waals surface area contributed by atoms with E-state index in [1.54, 1.807) is 0 Å². The zero-order valence-corrected chi connectivity index (χ0v) is 8.51. The molecule has 13 heavy (non-hydrogen) atoms. The SMILES string of the molecule is CN[C@@H](CCCCN)CC(=O)OC. The summed E-state index contributed by atoms with van der Waals surface area (Å²) >= 11 is 0. The zero-order chi connectivity index (χ0) is 10.1. The smallest absolute Gasteiger partial charge is 0.307 e. The number of carbonyl (C=O) groups is 1. The second-order valence-corrected chi connectivity index (χ2v) is 3.05. The number of carbonyl (C=O) groups excluding carboxylic acids is 1. The van der Waals surface area contributed by atoms with Gasteiger partial charge in [0.1, 0.15) is 0 Å². The Hall–Kier alpha value is -0.610.